The summed E-state index contributed by atoms with van der Waals surface area (Å²) in [5, 5.41) is 10.7. The van der Waals surface area contributed by atoms with E-state index in [1.807, 2.05) is 25.4 Å². The van der Waals surface area contributed by atoms with E-state index in [-0.39, 0.29) is 6.10 Å². The van der Waals surface area contributed by atoms with Crippen molar-refractivity contribution in [3.63, 3.8) is 0 Å². The van der Waals surface area contributed by atoms with Crippen molar-refractivity contribution in [1.29, 1.82) is 0 Å². The summed E-state index contributed by atoms with van der Waals surface area (Å²) in [5.41, 5.74) is 4.06. The summed E-state index contributed by atoms with van der Waals surface area (Å²) in [7, 11) is 0. The number of aryl methyl sites for hydroxylation is 1. The summed E-state index contributed by atoms with van der Waals surface area (Å²) in [5.74, 6) is 0.736. The molecule has 4 rings (SSSR count). The first-order valence-electron chi connectivity index (χ1n) is 8.32. The lowest BCUT2D eigenvalue weighted by Gasteiger charge is -2.29. The van der Waals surface area contributed by atoms with Crippen molar-refractivity contribution in [3.8, 4) is 11.1 Å². The molecule has 1 aliphatic rings. The van der Waals surface area contributed by atoms with Gasteiger partial charge in [0.1, 0.15) is 0 Å². The summed E-state index contributed by atoms with van der Waals surface area (Å²) < 4.78 is 0. The highest BCUT2D eigenvalue weighted by atomic mass is 16.3. The highest BCUT2D eigenvalue weighted by Crippen LogP contribution is 2.24. The molecule has 1 N–H and O–H groups in total. The van der Waals surface area contributed by atoms with Crippen LogP contribution in [0, 0.1) is 6.92 Å². The molecule has 1 aromatic carbocycles. The average molecular weight is 320 g/mol. The predicted octanol–water partition coefficient (Wildman–Crippen LogP) is 2.96. The number of hydrogen-bond donors (Lipinski definition) is 1. The van der Waals surface area contributed by atoms with Crippen LogP contribution in [0.1, 0.15) is 18.5 Å². The van der Waals surface area contributed by atoms with E-state index >= 15 is 0 Å². The molecule has 0 bridgehead atoms. The number of anilines is 1. The van der Waals surface area contributed by atoms with Crippen LogP contribution in [0.25, 0.3) is 22.0 Å². The molecule has 24 heavy (non-hydrogen) atoms. The minimum atomic E-state index is -0.186. The van der Waals surface area contributed by atoms with Gasteiger partial charge in [-0.15, -0.1) is 0 Å². The molecular formula is C19H20N4O. The standard InChI is InChI=1S/C19H20N4O/c1-13-2-3-14-4-5-15(10-18(14)22-13)16-11-20-19(21-12-16)23-8-6-17(24)7-9-23/h2-5,10-12,17,24H,6-9H2,1H3. The Labute approximate surface area is 141 Å². The van der Waals surface area contributed by atoms with E-state index in [9.17, 15) is 5.11 Å². The third-order valence-corrected chi connectivity index (χ3v) is 4.55. The second kappa shape index (κ2) is 6.17. The van der Waals surface area contributed by atoms with E-state index in [0.29, 0.717) is 0 Å². The molecule has 122 valence electrons. The number of fused-ring (bicyclic) bond motifs is 1. The van der Waals surface area contributed by atoms with Gasteiger partial charge in [0.15, 0.2) is 0 Å². The molecule has 0 atom stereocenters. The maximum absolute atomic E-state index is 9.60. The van der Waals surface area contributed by atoms with Gasteiger partial charge in [-0.05, 0) is 37.5 Å². The highest BCUT2D eigenvalue weighted by molar-refractivity contribution is 5.84. The molecule has 0 radical (unpaired) electrons. The van der Waals surface area contributed by atoms with Gasteiger partial charge in [-0.25, -0.2) is 9.97 Å². The van der Waals surface area contributed by atoms with Gasteiger partial charge >= 0.3 is 0 Å². The van der Waals surface area contributed by atoms with E-state index < -0.39 is 0 Å². The molecule has 1 fully saturated rings. The van der Waals surface area contributed by atoms with Gasteiger partial charge in [-0.1, -0.05) is 18.2 Å². The van der Waals surface area contributed by atoms with E-state index in [4.69, 9.17) is 0 Å². The zero-order chi connectivity index (χ0) is 16.5. The zero-order valence-corrected chi connectivity index (χ0v) is 13.7. The summed E-state index contributed by atoms with van der Waals surface area (Å²) in [4.78, 5) is 15.7. The second-order valence-electron chi connectivity index (χ2n) is 6.35. The van der Waals surface area contributed by atoms with Gasteiger partial charge in [0.2, 0.25) is 5.95 Å². The molecule has 3 heterocycles. The molecule has 0 aliphatic carbocycles. The van der Waals surface area contributed by atoms with E-state index in [1.54, 1.807) is 0 Å². The van der Waals surface area contributed by atoms with E-state index in [0.717, 1.165) is 59.6 Å². The Morgan fingerprint density at radius 1 is 1.00 bits per heavy atom. The molecule has 1 aliphatic heterocycles. The van der Waals surface area contributed by atoms with Crippen LogP contribution in [0.3, 0.4) is 0 Å². The van der Waals surface area contributed by atoms with Crippen LogP contribution < -0.4 is 4.90 Å². The van der Waals surface area contributed by atoms with Crippen molar-refractivity contribution in [2.45, 2.75) is 25.9 Å². The maximum Gasteiger partial charge on any atom is 0.225 e. The van der Waals surface area contributed by atoms with Crippen LogP contribution in [0.4, 0.5) is 5.95 Å². The summed E-state index contributed by atoms with van der Waals surface area (Å²) in [6.07, 6.45) is 5.10. The monoisotopic (exact) mass is 320 g/mol. The number of benzene rings is 1. The lowest BCUT2D eigenvalue weighted by molar-refractivity contribution is 0.145. The van der Waals surface area contributed by atoms with Crippen molar-refractivity contribution >= 4 is 16.9 Å². The van der Waals surface area contributed by atoms with Crippen LogP contribution in [0.15, 0.2) is 42.7 Å². The van der Waals surface area contributed by atoms with Crippen LogP contribution in [0.5, 0.6) is 0 Å². The molecule has 3 aromatic rings. The van der Waals surface area contributed by atoms with Crippen molar-refractivity contribution in [2.24, 2.45) is 0 Å². The number of hydrogen-bond acceptors (Lipinski definition) is 5. The molecule has 5 heteroatoms. The Bertz CT molecular complexity index is 855. The fourth-order valence-corrected chi connectivity index (χ4v) is 3.10. The zero-order valence-electron chi connectivity index (χ0n) is 13.7. The fraction of sp³-hybridized carbons (Fsp3) is 0.316. The predicted molar refractivity (Wildman–Crippen MR) is 95.0 cm³/mol. The number of rotatable bonds is 2. The SMILES string of the molecule is Cc1ccc2ccc(-c3cnc(N4CCC(O)CC4)nc3)cc2n1. The quantitative estimate of drug-likeness (QED) is 0.786. The molecule has 0 unspecified atom stereocenters. The van der Waals surface area contributed by atoms with Gasteiger partial charge in [-0.2, -0.15) is 0 Å². The number of nitrogens with zero attached hydrogens (tertiary/aromatic N) is 4. The third-order valence-electron chi connectivity index (χ3n) is 4.55. The molecule has 0 spiro atoms. The van der Waals surface area contributed by atoms with E-state index in [1.165, 1.54) is 0 Å². The average Bonchev–Trinajstić information content (AvgIpc) is 2.62. The normalized spacial score (nSPS) is 15.8. The van der Waals surface area contributed by atoms with Crippen LogP contribution in [0.2, 0.25) is 0 Å². The number of aliphatic hydroxyl groups excluding tert-OH is 1. The Morgan fingerprint density at radius 2 is 1.71 bits per heavy atom. The minimum absolute atomic E-state index is 0.186. The summed E-state index contributed by atoms with van der Waals surface area (Å²) in [6.45, 7) is 3.61. The lowest BCUT2D eigenvalue weighted by Crippen LogP contribution is -2.36. The Kier molecular flexibility index (Phi) is 3.86. The molecule has 0 saturated carbocycles. The highest BCUT2D eigenvalue weighted by Gasteiger charge is 2.18. The molecule has 1 saturated heterocycles. The molecule has 5 nitrogen and oxygen atoms in total. The summed E-state index contributed by atoms with van der Waals surface area (Å²) >= 11 is 0. The Morgan fingerprint density at radius 3 is 2.46 bits per heavy atom. The largest absolute Gasteiger partial charge is 0.393 e. The first-order chi connectivity index (χ1) is 11.7. The fourth-order valence-electron chi connectivity index (χ4n) is 3.10. The first kappa shape index (κ1) is 15.0. The van der Waals surface area contributed by atoms with Crippen LogP contribution in [-0.2, 0) is 0 Å². The minimum Gasteiger partial charge on any atom is -0.393 e. The van der Waals surface area contributed by atoms with Gasteiger partial charge in [0.25, 0.3) is 0 Å². The molecular weight excluding hydrogens is 300 g/mol. The molecule has 2 aromatic heterocycles. The van der Waals surface area contributed by atoms with E-state index in [2.05, 4.69) is 44.1 Å². The van der Waals surface area contributed by atoms with Crippen molar-refractivity contribution < 1.29 is 5.11 Å². The smallest absolute Gasteiger partial charge is 0.225 e. The third kappa shape index (κ3) is 2.95. The van der Waals surface area contributed by atoms with Crippen molar-refractivity contribution in [2.75, 3.05) is 18.0 Å². The topological polar surface area (TPSA) is 62.1 Å². The van der Waals surface area contributed by atoms with Gasteiger partial charge in [-0.3, -0.25) is 4.98 Å². The van der Waals surface area contributed by atoms with Gasteiger partial charge in [0, 0.05) is 42.1 Å². The Balaban J connectivity index is 1.60. The second-order valence-corrected chi connectivity index (χ2v) is 6.35. The molecule has 0 amide bonds. The Hall–Kier alpha value is -2.53. The van der Waals surface area contributed by atoms with Crippen LogP contribution in [-0.4, -0.2) is 39.3 Å². The number of aliphatic hydroxyl groups is 1. The van der Waals surface area contributed by atoms with Crippen molar-refractivity contribution in [3.05, 3.63) is 48.4 Å². The number of piperidine rings is 1. The van der Waals surface area contributed by atoms with Crippen LogP contribution >= 0.6 is 0 Å². The number of aromatic nitrogens is 3. The van der Waals surface area contributed by atoms with Gasteiger partial charge in [0.05, 0.1) is 11.6 Å². The number of pyridine rings is 1. The first-order valence-corrected chi connectivity index (χ1v) is 8.32. The van der Waals surface area contributed by atoms with Gasteiger partial charge < -0.3 is 10.0 Å². The van der Waals surface area contributed by atoms with Crippen molar-refractivity contribution in [1.82, 2.24) is 15.0 Å². The maximum atomic E-state index is 9.60. The summed E-state index contributed by atoms with van der Waals surface area (Å²) in [6, 6.07) is 10.4. The lowest BCUT2D eigenvalue weighted by atomic mass is 10.1.